The predicted octanol–water partition coefficient (Wildman–Crippen LogP) is 4.39. The van der Waals surface area contributed by atoms with Gasteiger partial charge >= 0.3 is 0 Å². The van der Waals surface area contributed by atoms with Crippen molar-refractivity contribution < 1.29 is 0 Å². The van der Waals surface area contributed by atoms with E-state index in [0.717, 1.165) is 22.0 Å². The number of rotatable bonds is 4. The Morgan fingerprint density at radius 2 is 1.74 bits per heavy atom. The van der Waals surface area contributed by atoms with Gasteiger partial charge in [-0.2, -0.15) is 0 Å². The Morgan fingerprint density at radius 1 is 1.05 bits per heavy atom. The van der Waals surface area contributed by atoms with E-state index < -0.39 is 0 Å². The second kappa shape index (κ2) is 6.09. The number of halogens is 1. The Morgan fingerprint density at radius 3 is 2.32 bits per heavy atom. The second-order valence-electron chi connectivity index (χ2n) is 4.61. The molecule has 2 nitrogen and oxygen atoms in total. The lowest BCUT2D eigenvalue weighted by atomic mass is 10.1. The summed E-state index contributed by atoms with van der Waals surface area (Å²) in [6.07, 6.45) is 0. The van der Waals surface area contributed by atoms with E-state index in [-0.39, 0.29) is 6.04 Å². The maximum atomic E-state index is 6.37. The molecule has 0 saturated heterocycles. The molecule has 0 spiro atoms. The number of anilines is 2. The van der Waals surface area contributed by atoms with Crippen LogP contribution in [-0.4, -0.2) is 14.1 Å². The molecule has 2 aromatic rings. The molecule has 2 aromatic carbocycles. The van der Waals surface area contributed by atoms with Crippen LogP contribution in [0.2, 0.25) is 5.02 Å². The van der Waals surface area contributed by atoms with E-state index in [1.807, 2.05) is 38.4 Å². The SMILES string of the molecule is CNC(C)c1ccc(N(C)c2ccccc2)cc1Cl. The molecule has 1 N–H and O–H groups in total. The maximum absolute atomic E-state index is 6.37. The van der Waals surface area contributed by atoms with Gasteiger partial charge in [-0.25, -0.2) is 0 Å². The van der Waals surface area contributed by atoms with Crippen molar-refractivity contribution in [2.45, 2.75) is 13.0 Å². The number of nitrogens with one attached hydrogen (secondary N) is 1. The Bertz CT molecular complexity index is 540. The molecule has 2 rings (SSSR count). The van der Waals surface area contributed by atoms with Crippen LogP contribution in [0.1, 0.15) is 18.5 Å². The van der Waals surface area contributed by atoms with Gasteiger partial charge in [-0.15, -0.1) is 0 Å². The van der Waals surface area contributed by atoms with Crippen LogP contribution in [0.3, 0.4) is 0 Å². The molecule has 0 aliphatic heterocycles. The number of hydrogen-bond acceptors (Lipinski definition) is 2. The molecule has 0 aliphatic carbocycles. The first-order valence-electron chi connectivity index (χ1n) is 6.39. The molecule has 0 heterocycles. The lowest BCUT2D eigenvalue weighted by Crippen LogP contribution is -2.14. The summed E-state index contributed by atoms with van der Waals surface area (Å²) >= 11 is 6.37. The molecule has 0 bridgehead atoms. The molecule has 0 radical (unpaired) electrons. The maximum Gasteiger partial charge on any atom is 0.0474 e. The van der Waals surface area contributed by atoms with Crippen LogP contribution >= 0.6 is 11.6 Å². The van der Waals surface area contributed by atoms with Crippen molar-refractivity contribution in [3.05, 3.63) is 59.1 Å². The fourth-order valence-electron chi connectivity index (χ4n) is 2.03. The molecule has 19 heavy (non-hydrogen) atoms. The third kappa shape index (κ3) is 3.09. The van der Waals surface area contributed by atoms with Crippen LogP contribution in [0.15, 0.2) is 48.5 Å². The van der Waals surface area contributed by atoms with Crippen molar-refractivity contribution in [3.63, 3.8) is 0 Å². The molecule has 100 valence electrons. The highest BCUT2D eigenvalue weighted by molar-refractivity contribution is 6.31. The van der Waals surface area contributed by atoms with Gasteiger partial charge < -0.3 is 10.2 Å². The van der Waals surface area contributed by atoms with Crippen LogP contribution in [0.4, 0.5) is 11.4 Å². The largest absolute Gasteiger partial charge is 0.345 e. The monoisotopic (exact) mass is 274 g/mol. The summed E-state index contributed by atoms with van der Waals surface area (Å²) in [5.74, 6) is 0. The van der Waals surface area contributed by atoms with Gasteiger partial charge in [0.2, 0.25) is 0 Å². The lowest BCUT2D eigenvalue weighted by Gasteiger charge is -2.21. The van der Waals surface area contributed by atoms with Gasteiger partial charge in [0.15, 0.2) is 0 Å². The Kier molecular flexibility index (Phi) is 4.46. The van der Waals surface area contributed by atoms with Crippen LogP contribution in [0, 0.1) is 0 Å². The van der Waals surface area contributed by atoms with E-state index >= 15 is 0 Å². The van der Waals surface area contributed by atoms with Crippen molar-refractivity contribution >= 4 is 23.0 Å². The van der Waals surface area contributed by atoms with E-state index in [2.05, 4.69) is 41.4 Å². The third-order valence-corrected chi connectivity index (χ3v) is 3.74. The Labute approximate surface area is 120 Å². The van der Waals surface area contributed by atoms with E-state index in [4.69, 9.17) is 11.6 Å². The summed E-state index contributed by atoms with van der Waals surface area (Å²) in [6, 6.07) is 16.7. The van der Waals surface area contributed by atoms with E-state index in [9.17, 15) is 0 Å². The minimum atomic E-state index is 0.253. The average Bonchev–Trinajstić information content (AvgIpc) is 2.46. The second-order valence-corrected chi connectivity index (χ2v) is 5.02. The molecule has 3 heteroatoms. The summed E-state index contributed by atoms with van der Waals surface area (Å²) in [5.41, 5.74) is 3.35. The van der Waals surface area contributed by atoms with Gasteiger partial charge in [0.25, 0.3) is 0 Å². The van der Waals surface area contributed by atoms with Crippen LogP contribution < -0.4 is 10.2 Å². The normalized spacial score (nSPS) is 12.2. The average molecular weight is 275 g/mol. The Hall–Kier alpha value is -1.51. The van der Waals surface area contributed by atoms with Crippen molar-refractivity contribution in [3.8, 4) is 0 Å². The highest BCUT2D eigenvalue weighted by atomic mass is 35.5. The topological polar surface area (TPSA) is 15.3 Å². The van der Waals surface area contributed by atoms with Crippen molar-refractivity contribution in [1.82, 2.24) is 5.32 Å². The van der Waals surface area contributed by atoms with E-state index in [0.29, 0.717) is 0 Å². The molecule has 1 atom stereocenters. The first-order chi connectivity index (χ1) is 9.13. The minimum absolute atomic E-state index is 0.253. The Balaban J connectivity index is 2.30. The van der Waals surface area contributed by atoms with E-state index in [1.54, 1.807) is 0 Å². The number of nitrogens with zero attached hydrogens (tertiary/aromatic N) is 1. The zero-order valence-corrected chi connectivity index (χ0v) is 12.3. The zero-order chi connectivity index (χ0) is 13.8. The van der Waals surface area contributed by atoms with Crippen LogP contribution in [0.25, 0.3) is 0 Å². The van der Waals surface area contributed by atoms with Crippen molar-refractivity contribution in [2.75, 3.05) is 19.0 Å². The molecule has 0 aromatic heterocycles. The van der Waals surface area contributed by atoms with Gasteiger partial charge in [-0.05, 0) is 43.8 Å². The minimum Gasteiger partial charge on any atom is -0.345 e. The molecule has 0 saturated carbocycles. The van der Waals surface area contributed by atoms with Crippen LogP contribution in [0.5, 0.6) is 0 Å². The fraction of sp³-hybridized carbons (Fsp3) is 0.250. The molecule has 1 unspecified atom stereocenters. The van der Waals surface area contributed by atoms with Gasteiger partial charge in [-0.3, -0.25) is 0 Å². The lowest BCUT2D eigenvalue weighted by molar-refractivity contribution is 0.652. The van der Waals surface area contributed by atoms with Gasteiger partial charge in [0.1, 0.15) is 0 Å². The summed E-state index contributed by atoms with van der Waals surface area (Å²) in [7, 11) is 3.98. The first-order valence-corrected chi connectivity index (χ1v) is 6.76. The van der Waals surface area contributed by atoms with Crippen molar-refractivity contribution in [1.29, 1.82) is 0 Å². The molecular weight excluding hydrogens is 256 g/mol. The third-order valence-electron chi connectivity index (χ3n) is 3.41. The molecule has 0 aliphatic rings. The summed E-state index contributed by atoms with van der Waals surface area (Å²) < 4.78 is 0. The van der Waals surface area contributed by atoms with E-state index in [1.165, 1.54) is 0 Å². The molecular formula is C16H19ClN2. The summed E-state index contributed by atoms with van der Waals surface area (Å²) in [6.45, 7) is 2.10. The standard InChI is InChI=1S/C16H19ClN2/c1-12(18-2)15-10-9-14(11-16(15)17)19(3)13-7-5-4-6-8-13/h4-12,18H,1-3H3. The summed E-state index contributed by atoms with van der Waals surface area (Å²) in [4.78, 5) is 2.12. The number of benzene rings is 2. The van der Waals surface area contributed by atoms with Gasteiger partial charge in [0.05, 0.1) is 0 Å². The van der Waals surface area contributed by atoms with Crippen LogP contribution in [-0.2, 0) is 0 Å². The van der Waals surface area contributed by atoms with Crippen molar-refractivity contribution in [2.24, 2.45) is 0 Å². The van der Waals surface area contributed by atoms with Gasteiger partial charge in [0, 0.05) is 29.5 Å². The number of hydrogen-bond donors (Lipinski definition) is 1. The first kappa shape index (κ1) is 13.9. The quantitative estimate of drug-likeness (QED) is 0.890. The zero-order valence-electron chi connectivity index (χ0n) is 11.5. The predicted molar refractivity (Wildman–Crippen MR) is 83.4 cm³/mol. The fourth-order valence-corrected chi connectivity index (χ4v) is 2.37. The highest BCUT2D eigenvalue weighted by Gasteiger charge is 2.10. The highest BCUT2D eigenvalue weighted by Crippen LogP contribution is 2.30. The number of para-hydroxylation sites is 1. The molecule has 0 fully saturated rings. The summed E-state index contributed by atoms with van der Waals surface area (Å²) in [5, 5.41) is 4.00. The van der Waals surface area contributed by atoms with Gasteiger partial charge in [-0.1, -0.05) is 35.9 Å². The molecule has 0 amide bonds. The smallest absolute Gasteiger partial charge is 0.0474 e.